The van der Waals surface area contributed by atoms with Gasteiger partial charge in [-0.1, -0.05) is 6.07 Å². The first-order chi connectivity index (χ1) is 8.79. The fourth-order valence-electron chi connectivity index (χ4n) is 1.58. The highest BCUT2D eigenvalue weighted by Crippen LogP contribution is 2.13. The predicted octanol–water partition coefficient (Wildman–Crippen LogP) is 3.87. The molecule has 2 rings (SSSR count). The molecule has 0 atom stereocenters. The van der Waals surface area contributed by atoms with Gasteiger partial charge in [0, 0.05) is 17.5 Å². The molecule has 0 aliphatic heterocycles. The van der Waals surface area contributed by atoms with Crippen LogP contribution in [-0.4, -0.2) is 17.4 Å². The van der Waals surface area contributed by atoms with Crippen LogP contribution in [0.1, 0.15) is 17.4 Å². The normalized spacial score (nSPS) is 10.9. The molecule has 18 heavy (non-hydrogen) atoms. The van der Waals surface area contributed by atoms with Crippen molar-refractivity contribution in [3.05, 3.63) is 50.9 Å². The van der Waals surface area contributed by atoms with E-state index in [1.165, 1.54) is 4.88 Å². The predicted molar refractivity (Wildman–Crippen MR) is 78.8 cm³/mol. The summed E-state index contributed by atoms with van der Waals surface area (Å²) in [5, 5.41) is 6.07. The molecule has 0 aromatic carbocycles. The SMILES string of the molecule is CCN(Cc1cccs1)C(=O)C=Cc1ccsc1. The van der Waals surface area contributed by atoms with E-state index in [-0.39, 0.29) is 5.91 Å². The molecular weight excluding hydrogens is 262 g/mol. The van der Waals surface area contributed by atoms with Crippen LogP contribution in [0.25, 0.3) is 6.08 Å². The van der Waals surface area contributed by atoms with E-state index in [9.17, 15) is 4.79 Å². The van der Waals surface area contributed by atoms with Crippen molar-refractivity contribution >= 4 is 34.7 Å². The Morgan fingerprint density at radius 2 is 2.28 bits per heavy atom. The van der Waals surface area contributed by atoms with Crippen LogP contribution in [0.3, 0.4) is 0 Å². The molecule has 0 N–H and O–H groups in total. The summed E-state index contributed by atoms with van der Waals surface area (Å²) in [5.41, 5.74) is 1.08. The molecule has 0 saturated carbocycles. The van der Waals surface area contributed by atoms with Crippen LogP contribution in [0.4, 0.5) is 0 Å². The molecule has 1 amide bonds. The molecule has 0 saturated heterocycles. The summed E-state index contributed by atoms with van der Waals surface area (Å²) in [6, 6.07) is 6.08. The summed E-state index contributed by atoms with van der Waals surface area (Å²) >= 11 is 3.32. The number of amides is 1. The first-order valence-electron chi connectivity index (χ1n) is 5.81. The summed E-state index contributed by atoms with van der Waals surface area (Å²) in [6.45, 7) is 3.43. The van der Waals surface area contributed by atoms with Crippen LogP contribution in [0.5, 0.6) is 0 Å². The molecule has 2 aromatic heterocycles. The van der Waals surface area contributed by atoms with Crippen molar-refractivity contribution in [1.82, 2.24) is 4.90 Å². The minimum Gasteiger partial charge on any atom is -0.334 e. The third-order valence-electron chi connectivity index (χ3n) is 2.58. The van der Waals surface area contributed by atoms with Gasteiger partial charge in [-0.05, 0) is 46.8 Å². The van der Waals surface area contributed by atoms with Crippen molar-refractivity contribution in [3.8, 4) is 0 Å². The molecule has 0 radical (unpaired) electrons. The number of hydrogen-bond acceptors (Lipinski definition) is 3. The summed E-state index contributed by atoms with van der Waals surface area (Å²) in [4.78, 5) is 15.1. The monoisotopic (exact) mass is 277 g/mol. The van der Waals surface area contributed by atoms with E-state index < -0.39 is 0 Å². The van der Waals surface area contributed by atoms with E-state index in [0.717, 1.165) is 12.1 Å². The van der Waals surface area contributed by atoms with Crippen molar-refractivity contribution in [3.63, 3.8) is 0 Å². The van der Waals surface area contributed by atoms with Crippen molar-refractivity contribution in [2.45, 2.75) is 13.5 Å². The average molecular weight is 277 g/mol. The van der Waals surface area contributed by atoms with Gasteiger partial charge in [0.05, 0.1) is 6.54 Å². The fraction of sp³-hybridized carbons (Fsp3) is 0.214. The number of rotatable bonds is 5. The summed E-state index contributed by atoms with van der Waals surface area (Å²) in [5.74, 6) is 0.0668. The molecule has 0 aliphatic rings. The van der Waals surface area contributed by atoms with Crippen molar-refractivity contribution < 1.29 is 4.79 Å². The van der Waals surface area contributed by atoms with Crippen molar-refractivity contribution in [1.29, 1.82) is 0 Å². The van der Waals surface area contributed by atoms with Crippen LogP contribution in [0.15, 0.2) is 40.4 Å². The maximum Gasteiger partial charge on any atom is 0.246 e. The van der Waals surface area contributed by atoms with E-state index in [0.29, 0.717) is 6.54 Å². The Morgan fingerprint density at radius 3 is 2.89 bits per heavy atom. The summed E-state index contributed by atoms with van der Waals surface area (Å²) in [6.07, 6.45) is 3.52. The highest BCUT2D eigenvalue weighted by atomic mass is 32.1. The zero-order chi connectivity index (χ0) is 12.8. The van der Waals surface area contributed by atoms with Crippen molar-refractivity contribution in [2.75, 3.05) is 6.54 Å². The first kappa shape index (κ1) is 13.1. The molecule has 94 valence electrons. The second kappa shape index (κ2) is 6.52. The van der Waals surface area contributed by atoms with Crippen LogP contribution in [0, 0.1) is 0 Å². The quantitative estimate of drug-likeness (QED) is 0.760. The topological polar surface area (TPSA) is 20.3 Å². The number of thiophene rings is 2. The number of carbonyl (C=O) groups excluding carboxylic acids is 1. The third kappa shape index (κ3) is 3.55. The average Bonchev–Trinajstić information content (AvgIpc) is 3.06. The molecule has 0 spiro atoms. The fourth-order valence-corrected chi connectivity index (χ4v) is 2.93. The Hall–Kier alpha value is -1.39. The van der Waals surface area contributed by atoms with Gasteiger partial charge >= 0.3 is 0 Å². The lowest BCUT2D eigenvalue weighted by atomic mass is 10.3. The molecule has 2 heterocycles. The lowest BCUT2D eigenvalue weighted by Crippen LogP contribution is -2.28. The molecule has 0 aliphatic carbocycles. The Balaban J connectivity index is 1.97. The minimum absolute atomic E-state index is 0.0668. The van der Waals surface area contributed by atoms with Gasteiger partial charge in [-0.25, -0.2) is 0 Å². The smallest absolute Gasteiger partial charge is 0.246 e. The number of hydrogen-bond donors (Lipinski definition) is 0. The highest BCUT2D eigenvalue weighted by molar-refractivity contribution is 7.09. The Bertz CT molecular complexity index is 500. The van der Waals surface area contributed by atoms with E-state index >= 15 is 0 Å². The van der Waals surface area contributed by atoms with Crippen LogP contribution in [0.2, 0.25) is 0 Å². The second-order valence-electron chi connectivity index (χ2n) is 3.82. The van der Waals surface area contributed by atoms with E-state index in [4.69, 9.17) is 0 Å². The van der Waals surface area contributed by atoms with Crippen LogP contribution < -0.4 is 0 Å². The maximum absolute atomic E-state index is 12.0. The second-order valence-corrected chi connectivity index (χ2v) is 5.63. The van der Waals surface area contributed by atoms with Gasteiger partial charge in [-0.15, -0.1) is 11.3 Å². The van der Waals surface area contributed by atoms with Gasteiger partial charge in [0.2, 0.25) is 5.91 Å². The molecular formula is C14H15NOS2. The maximum atomic E-state index is 12.0. The van der Waals surface area contributed by atoms with E-state index in [1.807, 2.05) is 46.2 Å². The number of likely N-dealkylation sites (N-methyl/N-ethyl adjacent to an activating group) is 1. The first-order valence-corrected chi connectivity index (χ1v) is 7.63. The Morgan fingerprint density at radius 1 is 1.39 bits per heavy atom. The molecule has 4 heteroatoms. The summed E-state index contributed by atoms with van der Waals surface area (Å²) < 4.78 is 0. The number of carbonyl (C=O) groups is 1. The third-order valence-corrected chi connectivity index (χ3v) is 4.14. The molecule has 0 fully saturated rings. The van der Waals surface area contributed by atoms with Gasteiger partial charge in [-0.3, -0.25) is 4.79 Å². The zero-order valence-electron chi connectivity index (χ0n) is 10.2. The molecule has 2 aromatic rings. The van der Waals surface area contributed by atoms with Gasteiger partial charge < -0.3 is 4.90 Å². The minimum atomic E-state index is 0.0668. The van der Waals surface area contributed by atoms with Crippen LogP contribution in [-0.2, 0) is 11.3 Å². The summed E-state index contributed by atoms with van der Waals surface area (Å²) in [7, 11) is 0. The van der Waals surface area contributed by atoms with Gasteiger partial charge in [0.25, 0.3) is 0 Å². The molecule has 0 bridgehead atoms. The van der Waals surface area contributed by atoms with Gasteiger partial charge in [-0.2, -0.15) is 11.3 Å². The van der Waals surface area contributed by atoms with Gasteiger partial charge in [0.1, 0.15) is 0 Å². The molecule has 0 unspecified atom stereocenters. The molecule has 2 nitrogen and oxygen atoms in total. The van der Waals surface area contributed by atoms with E-state index in [1.54, 1.807) is 28.7 Å². The van der Waals surface area contributed by atoms with Crippen molar-refractivity contribution in [2.24, 2.45) is 0 Å². The lowest BCUT2D eigenvalue weighted by Gasteiger charge is -2.17. The standard InChI is InChI=1S/C14H15NOS2/c1-2-15(10-13-4-3-8-18-13)14(16)6-5-12-7-9-17-11-12/h3-9,11H,2,10H2,1H3. The Kier molecular flexibility index (Phi) is 4.73. The Labute approximate surface area is 115 Å². The lowest BCUT2D eigenvalue weighted by molar-refractivity contribution is -0.126. The van der Waals surface area contributed by atoms with Gasteiger partial charge in [0.15, 0.2) is 0 Å². The van der Waals surface area contributed by atoms with E-state index in [2.05, 4.69) is 6.07 Å². The zero-order valence-corrected chi connectivity index (χ0v) is 11.8. The highest BCUT2D eigenvalue weighted by Gasteiger charge is 2.09. The number of nitrogens with zero attached hydrogens (tertiary/aromatic N) is 1. The largest absolute Gasteiger partial charge is 0.334 e. The van der Waals surface area contributed by atoms with Crippen LogP contribution >= 0.6 is 22.7 Å².